The average Bonchev–Trinajstić information content (AvgIpc) is 2.09. The largest absolute Gasteiger partial charge is 0.398 e. The molecule has 2 nitrogen and oxygen atoms in total. The van der Waals surface area contributed by atoms with Gasteiger partial charge in [0, 0.05) is 21.7 Å². The summed E-state index contributed by atoms with van der Waals surface area (Å²) in [5.41, 5.74) is 8.70. The summed E-state index contributed by atoms with van der Waals surface area (Å²) in [5, 5.41) is 1.000. The second kappa shape index (κ2) is 3.00. The summed E-state index contributed by atoms with van der Waals surface area (Å²) in [5.74, 6) is 0. The SMILES string of the molecule is Cc1cc2nccc(N)c2cc1Br. The Kier molecular flexibility index (Phi) is 1.96. The molecule has 0 radical (unpaired) electrons. The van der Waals surface area contributed by atoms with Crippen molar-refractivity contribution >= 4 is 32.5 Å². The molecule has 2 aromatic rings. The van der Waals surface area contributed by atoms with Crippen molar-refractivity contribution < 1.29 is 0 Å². The van der Waals surface area contributed by atoms with Gasteiger partial charge in [0.25, 0.3) is 0 Å². The van der Waals surface area contributed by atoms with Crippen LogP contribution in [0.3, 0.4) is 0 Å². The van der Waals surface area contributed by atoms with Gasteiger partial charge in [0.15, 0.2) is 0 Å². The number of aryl methyl sites for hydroxylation is 1. The molecule has 0 unspecified atom stereocenters. The fraction of sp³-hybridized carbons (Fsp3) is 0.100. The number of nitrogens with two attached hydrogens (primary N) is 1. The monoisotopic (exact) mass is 236 g/mol. The third kappa shape index (κ3) is 1.40. The van der Waals surface area contributed by atoms with Crippen LogP contribution in [0.25, 0.3) is 10.9 Å². The van der Waals surface area contributed by atoms with E-state index in [1.807, 2.05) is 25.1 Å². The fourth-order valence-corrected chi connectivity index (χ4v) is 1.64. The minimum Gasteiger partial charge on any atom is -0.398 e. The highest BCUT2D eigenvalue weighted by atomic mass is 79.9. The minimum atomic E-state index is 0.769. The van der Waals surface area contributed by atoms with E-state index in [0.29, 0.717) is 0 Å². The lowest BCUT2D eigenvalue weighted by Gasteiger charge is -2.03. The number of fused-ring (bicyclic) bond motifs is 1. The van der Waals surface area contributed by atoms with Crippen LogP contribution in [0.5, 0.6) is 0 Å². The van der Waals surface area contributed by atoms with E-state index in [4.69, 9.17) is 5.73 Å². The highest BCUT2D eigenvalue weighted by Gasteiger charge is 2.01. The highest BCUT2D eigenvalue weighted by molar-refractivity contribution is 9.10. The first-order valence-electron chi connectivity index (χ1n) is 3.99. The maximum atomic E-state index is 5.81. The molecule has 13 heavy (non-hydrogen) atoms. The lowest BCUT2D eigenvalue weighted by molar-refractivity contribution is 1.38. The zero-order valence-electron chi connectivity index (χ0n) is 7.21. The molecule has 0 fully saturated rings. The number of halogens is 1. The molecule has 0 amide bonds. The summed E-state index contributed by atoms with van der Waals surface area (Å²) in [6, 6.07) is 5.84. The average molecular weight is 237 g/mol. The van der Waals surface area contributed by atoms with Crippen LogP contribution in [0.15, 0.2) is 28.9 Å². The predicted molar refractivity (Wildman–Crippen MR) is 58.6 cm³/mol. The lowest BCUT2D eigenvalue weighted by atomic mass is 10.1. The van der Waals surface area contributed by atoms with Crippen LogP contribution in [0.2, 0.25) is 0 Å². The molecule has 0 aliphatic heterocycles. The van der Waals surface area contributed by atoms with Gasteiger partial charge in [-0.15, -0.1) is 0 Å². The van der Waals surface area contributed by atoms with E-state index in [2.05, 4.69) is 20.9 Å². The molecule has 0 aliphatic rings. The van der Waals surface area contributed by atoms with Crippen LogP contribution in [0.1, 0.15) is 5.56 Å². The molecule has 0 spiro atoms. The molecule has 2 rings (SSSR count). The maximum Gasteiger partial charge on any atom is 0.0726 e. The molecule has 0 bridgehead atoms. The summed E-state index contributed by atoms with van der Waals surface area (Å²) < 4.78 is 1.07. The minimum absolute atomic E-state index is 0.769. The van der Waals surface area contributed by atoms with E-state index < -0.39 is 0 Å². The third-order valence-corrected chi connectivity index (χ3v) is 2.91. The molecule has 1 aromatic carbocycles. The summed E-state index contributed by atoms with van der Waals surface area (Å²) in [7, 11) is 0. The van der Waals surface area contributed by atoms with Crippen LogP contribution < -0.4 is 5.73 Å². The number of benzene rings is 1. The van der Waals surface area contributed by atoms with E-state index in [1.54, 1.807) is 6.20 Å². The zero-order valence-corrected chi connectivity index (χ0v) is 8.80. The molecule has 66 valence electrons. The van der Waals surface area contributed by atoms with Gasteiger partial charge in [-0.25, -0.2) is 0 Å². The van der Waals surface area contributed by atoms with Gasteiger partial charge >= 0.3 is 0 Å². The quantitative estimate of drug-likeness (QED) is 0.765. The van der Waals surface area contributed by atoms with Gasteiger partial charge in [0.05, 0.1) is 5.52 Å². The van der Waals surface area contributed by atoms with Crippen molar-refractivity contribution in [2.75, 3.05) is 5.73 Å². The molecule has 2 N–H and O–H groups in total. The maximum absolute atomic E-state index is 5.81. The molecule has 1 heterocycles. The molecule has 0 aliphatic carbocycles. The molecule has 0 saturated heterocycles. The Bertz CT molecular complexity index is 466. The Morgan fingerprint density at radius 1 is 1.38 bits per heavy atom. The Morgan fingerprint density at radius 3 is 2.92 bits per heavy atom. The Hall–Kier alpha value is -1.09. The van der Waals surface area contributed by atoms with Gasteiger partial charge in [-0.1, -0.05) is 15.9 Å². The van der Waals surface area contributed by atoms with Crippen LogP contribution in [-0.4, -0.2) is 4.98 Å². The molecule has 0 atom stereocenters. The second-order valence-corrected chi connectivity index (χ2v) is 3.87. The summed E-state index contributed by atoms with van der Waals surface area (Å²) >= 11 is 3.47. The van der Waals surface area contributed by atoms with E-state index >= 15 is 0 Å². The molecular formula is C10H9BrN2. The summed E-state index contributed by atoms with van der Waals surface area (Å²) in [6.45, 7) is 2.04. The Morgan fingerprint density at radius 2 is 2.15 bits per heavy atom. The smallest absolute Gasteiger partial charge is 0.0726 e. The summed E-state index contributed by atoms with van der Waals surface area (Å²) in [4.78, 5) is 4.24. The first-order chi connectivity index (χ1) is 6.18. The first-order valence-corrected chi connectivity index (χ1v) is 4.78. The Balaban J connectivity index is 2.89. The number of nitrogens with zero attached hydrogens (tertiary/aromatic N) is 1. The third-order valence-electron chi connectivity index (χ3n) is 2.06. The number of pyridine rings is 1. The van der Waals surface area contributed by atoms with Gasteiger partial charge in [-0.05, 0) is 30.7 Å². The van der Waals surface area contributed by atoms with Gasteiger partial charge in [-0.3, -0.25) is 4.98 Å². The number of rotatable bonds is 0. The first kappa shape index (κ1) is 8.51. The van der Waals surface area contributed by atoms with Crippen molar-refractivity contribution in [3.8, 4) is 0 Å². The predicted octanol–water partition coefficient (Wildman–Crippen LogP) is 2.89. The molecule has 1 aromatic heterocycles. The van der Waals surface area contributed by atoms with E-state index in [9.17, 15) is 0 Å². The zero-order chi connectivity index (χ0) is 9.42. The van der Waals surface area contributed by atoms with Crippen LogP contribution in [0, 0.1) is 6.92 Å². The van der Waals surface area contributed by atoms with Gasteiger partial charge in [0.2, 0.25) is 0 Å². The van der Waals surface area contributed by atoms with Crippen LogP contribution in [-0.2, 0) is 0 Å². The number of hydrogen-bond donors (Lipinski definition) is 1. The topological polar surface area (TPSA) is 38.9 Å². The van der Waals surface area contributed by atoms with Crippen molar-refractivity contribution in [2.45, 2.75) is 6.92 Å². The number of hydrogen-bond acceptors (Lipinski definition) is 2. The standard InChI is InChI=1S/C10H9BrN2/c1-6-4-10-7(5-8(6)11)9(12)2-3-13-10/h2-5H,1H3,(H2,12,13). The van der Waals surface area contributed by atoms with Crippen molar-refractivity contribution in [1.29, 1.82) is 0 Å². The molecular weight excluding hydrogens is 228 g/mol. The fourth-order valence-electron chi connectivity index (χ4n) is 1.29. The lowest BCUT2D eigenvalue weighted by Crippen LogP contribution is -1.89. The van der Waals surface area contributed by atoms with Crippen molar-refractivity contribution in [3.05, 3.63) is 34.4 Å². The number of aromatic nitrogens is 1. The van der Waals surface area contributed by atoms with E-state index in [1.165, 1.54) is 5.56 Å². The van der Waals surface area contributed by atoms with Crippen LogP contribution >= 0.6 is 15.9 Å². The van der Waals surface area contributed by atoms with Crippen molar-refractivity contribution in [1.82, 2.24) is 4.98 Å². The normalized spacial score (nSPS) is 10.6. The molecule has 0 saturated carbocycles. The number of anilines is 1. The van der Waals surface area contributed by atoms with Gasteiger partial charge in [-0.2, -0.15) is 0 Å². The van der Waals surface area contributed by atoms with Crippen molar-refractivity contribution in [2.24, 2.45) is 0 Å². The van der Waals surface area contributed by atoms with E-state index in [0.717, 1.165) is 21.1 Å². The van der Waals surface area contributed by atoms with Crippen molar-refractivity contribution in [3.63, 3.8) is 0 Å². The van der Waals surface area contributed by atoms with E-state index in [-0.39, 0.29) is 0 Å². The summed E-state index contributed by atoms with van der Waals surface area (Å²) in [6.07, 6.45) is 1.73. The Labute approximate surface area is 84.9 Å². The highest BCUT2D eigenvalue weighted by Crippen LogP contribution is 2.25. The number of nitrogen functional groups attached to an aromatic ring is 1. The van der Waals surface area contributed by atoms with Gasteiger partial charge in [0.1, 0.15) is 0 Å². The van der Waals surface area contributed by atoms with Gasteiger partial charge < -0.3 is 5.73 Å². The second-order valence-electron chi connectivity index (χ2n) is 3.02. The van der Waals surface area contributed by atoms with Crippen LogP contribution in [0.4, 0.5) is 5.69 Å². The molecule has 3 heteroatoms.